The molecule has 2 atom stereocenters. The first-order valence-corrected chi connectivity index (χ1v) is 9.08. The van der Waals surface area contributed by atoms with Gasteiger partial charge in [0.2, 0.25) is 0 Å². The molecule has 2 unspecified atom stereocenters. The second kappa shape index (κ2) is 5.54. The number of aromatic carboxylic acids is 1. The molecular formula is C23H23FO2. The van der Waals surface area contributed by atoms with E-state index in [1.165, 1.54) is 48.1 Å². The van der Waals surface area contributed by atoms with E-state index in [0.717, 1.165) is 11.6 Å². The van der Waals surface area contributed by atoms with Crippen molar-refractivity contribution in [3.8, 4) is 0 Å². The van der Waals surface area contributed by atoms with Crippen molar-refractivity contribution >= 4 is 18.1 Å². The Morgan fingerprint density at radius 2 is 1.65 bits per heavy atom. The maximum atomic E-state index is 14.2. The van der Waals surface area contributed by atoms with Crippen molar-refractivity contribution in [3.05, 3.63) is 69.5 Å². The number of halogens is 1. The standard InChI is InChI=1S/C23H23FO2/c1-14-10-18-19(23(3)9-8-22(18,2)13-23)11-16(14)6-4-15-5-7-17(21(25)26)12-20(15)24/h4-7,10-12H,8-9,13H2,1-3H3,(H,25,26)/b6-4+. The number of aryl methyl sites for hydroxylation is 1. The van der Waals surface area contributed by atoms with Crippen LogP contribution in [0.5, 0.6) is 0 Å². The average molecular weight is 350 g/mol. The van der Waals surface area contributed by atoms with Gasteiger partial charge in [-0.15, -0.1) is 0 Å². The number of fused-ring (bicyclic) bond motifs is 5. The zero-order valence-corrected chi connectivity index (χ0v) is 15.4. The molecule has 0 spiro atoms. The van der Waals surface area contributed by atoms with Crippen LogP contribution in [0.15, 0.2) is 30.3 Å². The predicted octanol–water partition coefficient (Wildman–Crippen LogP) is 5.72. The first-order valence-electron chi connectivity index (χ1n) is 9.08. The maximum Gasteiger partial charge on any atom is 0.335 e. The Morgan fingerprint density at radius 3 is 2.27 bits per heavy atom. The lowest BCUT2D eigenvalue weighted by molar-refractivity contribution is 0.0696. The van der Waals surface area contributed by atoms with Crippen LogP contribution in [-0.2, 0) is 10.8 Å². The van der Waals surface area contributed by atoms with Gasteiger partial charge in [0.25, 0.3) is 0 Å². The highest BCUT2D eigenvalue weighted by atomic mass is 19.1. The summed E-state index contributed by atoms with van der Waals surface area (Å²) in [5.74, 6) is -1.64. The van der Waals surface area contributed by atoms with Gasteiger partial charge < -0.3 is 5.11 Å². The highest BCUT2D eigenvalue weighted by Gasteiger charge is 2.52. The van der Waals surface area contributed by atoms with Crippen molar-refractivity contribution in [2.75, 3.05) is 0 Å². The van der Waals surface area contributed by atoms with Crippen LogP contribution < -0.4 is 0 Å². The number of carboxylic acid groups (broad SMARTS) is 1. The Hall–Kier alpha value is -2.42. The first kappa shape index (κ1) is 17.0. The van der Waals surface area contributed by atoms with Gasteiger partial charge in [-0.2, -0.15) is 0 Å². The zero-order valence-electron chi connectivity index (χ0n) is 15.4. The summed E-state index contributed by atoms with van der Waals surface area (Å²) in [5, 5.41) is 8.95. The minimum Gasteiger partial charge on any atom is -0.478 e. The lowest BCUT2D eigenvalue weighted by atomic mass is 9.77. The second-order valence-corrected chi connectivity index (χ2v) is 8.43. The Morgan fingerprint density at radius 1 is 1.04 bits per heavy atom. The molecule has 2 aliphatic rings. The molecule has 2 aromatic carbocycles. The number of hydrogen-bond donors (Lipinski definition) is 1. The van der Waals surface area contributed by atoms with Crippen LogP contribution in [0.1, 0.15) is 71.3 Å². The van der Waals surface area contributed by atoms with E-state index >= 15 is 0 Å². The molecule has 0 saturated heterocycles. The summed E-state index contributed by atoms with van der Waals surface area (Å²) >= 11 is 0. The quantitative estimate of drug-likeness (QED) is 0.719. The summed E-state index contributed by atoms with van der Waals surface area (Å²) < 4.78 is 14.2. The van der Waals surface area contributed by atoms with Gasteiger partial charge in [-0.05, 0) is 71.4 Å². The zero-order chi connectivity index (χ0) is 18.7. The van der Waals surface area contributed by atoms with E-state index in [2.05, 4.69) is 32.9 Å². The molecule has 26 heavy (non-hydrogen) atoms. The monoisotopic (exact) mass is 350 g/mol. The van der Waals surface area contributed by atoms with Crippen LogP contribution in [0.4, 0.5) is 4.39 Å². The van der Waals surface area contributed by atoms with Gasteiger partial charge in [-0.3, -0.25) is 0 Å². The number of rotatable bonds is 3. The van der Waals surface area contributed by atoms with Crippen LogP contribution in [0.25, 0.3) is 12.2 Å². The summed E-state index contributed by atoms with van der Waals surface area (Å²) in [4.78, 5) is 10.9. The molecular weight excluding hydrogens is 327 g/mol. The molecule has 1 N–H and O–H groups in total. The third kappa shape index (κ3) is 2.49. The number of hydrogen-bond acceptors (Lipinski definition) is 1. The van der Waals surface area contributed by atoms with Crippen LogP contribution >= 0.6 is 0 Å². The molecule has 2 bridgehead atoms. The Kier molecular flexibility index (Phi) is 3.62. The molecule has 2 nitrogen and oxygen atoms in total. The molecule has 1 fully saturated rings. The van der Waals surface area contributed by atoms with Gasteiger partial charge in [0.05, 0.1) is 5.56 Å². The van der Waals surface area contributed by atoms with E-state index in [1.54, 1.807) is 6.08 Å². The Labute approximate surface area is 153 Å². The van der Waals surface area contributed by atoms with Crippen molar-refractivity contribution in [2.45, 2.75) is 50.9 Å². The highest BCUT2D eigenvalue weighted by molar-refractivity contribution is 5.88. The highest BCUT2D eigenvalue weighted by Crippen LogP contribution is 2.60. The number of carbonyl (C=O) groups is 1. The number of carboxylic acids is 1. The third-order valence-corrected chi connectivity index (χ3v) is 6.41. The Balaban J connectivity index is 1.70. The fourth-order valence-corrected chi connectivity index (χ4v) is 4.93. The van der Waals surface area contributed by atoms with Gasteiger partial charge in [-0.25, -0.2) is 9.18 Å². The molecule has 4 rings (SSSR count). The molecule has 0 aromatic heterocycles. The topological polar surface area (TPSA) is 37.3 Å². The van der Waals surface area contributed by atoms with Gasteiger partial charge in [-0.1, -0.05) is 44.2 Å². The summed E-state index contributed by atoms with van der Waals surface area (Å²) in [6.45, 7) is 6.83. The van der Waals surface area contributed by atoms with Gasteiger partial charge in [0.15, 0.2) is 0 Å². The van der Waals surface area contributed by atoms with Gasteiger partial charge in [0.1, 0.15) is 5.82 Å². The lowest BCUT2D eigenvalue weighted by Crippen LogP contribution is -2.18. The smallest absolute Gasteiger partial charge is 0.335 e. The molecule has 2 aromatic rings. The van der Waals surface area contributed by atoms with E-state index in [4.69, 9.17) is 5.11 Å². The predicted molar refractivity (Wildman–Crippen MR) is 102 cm³/mol. The molecule has 134 valence electrons. The van der Waals surface area contributed by atoms with E-state index in [9.17, 15) is 9.18 Å². The molecule has 0 radical (unpaired) electrons. The minimum absolute atomic E-state index is 0.0365. The fraction of sp³-hybridized carbons (Fsp3) is 0.348. The third-order valence-electron chi connectivity index (χ3n) is 6.41. The summed E-state index contributed by atoms with van der Waals surface area (Å²) in [5.41, 5.74) is 6.14. The molecule has 1 saturated carbocycles. The largest absolute Gasteiger partial charge is 0.478 e. The SMILES string of the molecule is Cc1cc2c(cc1/C=C/c1ccc(C(=O)O)cc1F)C1(C)CCC2(C)C1. The maximum absolute atomic E-state index is 14.2. The van der Waals surface area contributed by atoms with Crippen LogP contribution in [0, 0.1) is 12.7 Å². The first-order chi connectivity index (χ1) is 12.2. The van der Waals surface area contributed by atoms with Gasteiger partial charge >= 0.3 is 5.97 Å². The van der Waals surface area contributed by atoms with Gasteiger partial charge in [0, 0.05) is 5.56 Å². The summed E-state index contributed by atoms with van der Waals surface area (Å²) in [7, 11) is 0. The molecule has 0 amide bonds. The molecule has 0 heterocycles. The van der Waals surface area contributed by atoms with E-state index in [1.807, 2.05) is 6.08 Å². The van der Waals surface area contributed by atoms with E-state index in [0.29, 0.717) is 11.0 Å². The average Bonchev–Trinajstić information content (AvgIpc) is 3.01. The normalized spacial score (nSPS) is 26.5. The summed E-state index contributed by atoms with van der Waals surface area (Å²) in [6.07, 6.45) is 7.37. The molecule has 2 aliphatic carbocycles. The van der Waals surface area contributed by atoms with Crippen molar-refractivity contribution in [3.63, 3.8) is 0 Å². The lowest BCUT2D eigenvalue weighted by Gasteiger charge is -2.28. The van der Waals surface area contributed by atoms with Crippen molar-refractivity contribution in [1.82, 2.24) is 0 Å². The number of benzene rings is 2. The van der Waals surface area contributed by atoms with E-state index in [-0.39, 0.29) is 11.0 Å². The Bertz CT molecular complexity index is 959. The molecule has 3 heteroatoms. The van der Waals surface area contributed by atoms with Crippen molar-refractivity contribution in [2.24, 2.45) is 0 Å². The van der Waals surface area contributed by atoms with Crippen molar-refractivity contribution < 1.29 is 14.3 Å². The fourth-order valence-electron chi connectivity index (χ4n) is 4.93. The minimum atomic E-state index is -1.12. The van der Waals surface area contributed by atoms with Crippen LogP contribution in [0.3, 0.4) is 0 Å². The molecule has 0 aliphatic heterocycles. The van der Waals surface area contributed by atoms with Crippen LogP contribution in [-0.4, -0.2) is 11.1 Å². The van der Waals surface area contributed by atoms with E-state index < -0.39 is 11.8 Å². The second-order valence-electron chi connectivity index (χ2n) is 8.43. The van der Waals surface area contributed by atoms with Crippen LogP contribution in [0.2, 0.25) is 0 Å². The van der Waals surface area contributed by atoms with Crippen molar-refractivity contribution in [1.29, 1.82) is 0 Å². The summed E-state index contributed by atoms with van der Waals surface area (Å²) in [6, 6.07) is 8.60.